The van der Waals surface area contributed by atoms with Crippen LogP contribution in [0.5, 0.6) is 0 Å². The van der Waals surface area contributed by atoms with Gasteiger partial charge in [-0.05, 0) is 56.7 Å². The molecule has 0 aliphatic heterocycles. The first-order chi connectivity index (χ1) is 9.65. The first kappa shape index (κ1) is 15.5. The van der Waals surface area contributed by atoms with E-state index < -0.39 is 0 Å². The number of rotatable bonds is 5. The molecule has 0 heterocycles. The van der Waals surface area contributed by atoms with Gasteiger partial charge < -0.3 is 5.73 Å². The zero-order valence-electron chi connectivity index (χ0n) is 13.3. The zero-order chi connectivity index (χ0) is 14.5. The summed E-state index contributed by atoms with van der Waals surface area (Å²) in [4.78, 5) is 2.59. The SMILES string of the molecule is CCc1ccc(C(CC)N(C)C2CCC(N)CC2)cc1. The summed E-state index contributed by atoms with van der Waals surface area (Å²) in [5.41, 5.74) is 8.92. The molecular formula is C18H30N2. The zero-order valence-corrected chi connectivity index (χ0v) is 13.3. The van der Waals surface area contributed by atoms with E-state index in [-0.39, 0.29) is 0 Å². The second kappa shape index (κ2) is 7.24. The average Bonchev–Trinajstić information content (AvgIpc) is 2.49. The van der Waals surface area contributed by atoms with E-state index in [1.165, 1.54) is 43.2 Å². The van der Waals surface area contributed by atoms with Crippen LogP contribution in [-0.2, 0) is 6.42 Å². The minimum absolute atomic E-state index is 0.434. The Bertz CT molecular complexity index is 390. The lowest BCUT2D eigenvalue weighted by molar-refractivity contribution is 0.128. The van der Waals surface area contributed by atoms with Crippen LogP contribution in [0.15, 0.2) is 24.3 Å². The van der Waals surface area contributed by atoms with Gasteiger partial charge >= 0.3 is 0 Å². The maximum Gasteiger partial charge on any atom is 0.0345 e. The largest absolute Gasteiger partial charge is 0.328 e. The Morgan fingerprint density at radius 1 is 1.10 bits per heavy atom. The van der Waals surface area contributed by atoms with E-state index in [0.717, 1.165) is 6.42 Å². The third kappa shape index (κ3) is 3.62. The summed E-state index contributed by atoms with van der Waals surface area (Å²) in [7, 11) is 2.30. The summed E-state index contributed by atoms with van der Waals surface area (Å²) in [6.45, 7) is 4.51. The Hall–Kier alpha value is -0.860. The van der Waals surface area contributed by atoms with Gasteiger partial charge in [0.05, 0.1) is 0 Å². The van der Waals surface area contributed by atoms with Crippen LogP contribution in [0.1, 0.15) is 63.1 Å². The molecular weight excluding hydrogens is 244 g/mol. The average molecular weight is 274 g/mol. The van der Waals surface area contributed by atoms with Crippen LogP contribution in [0.3, 0.4) is 0 Å². The fourth-order valence-electron chi connectivity index (χ4n) is 3.50. The number of nitrogens with zero attached hydrogens (tertiary/aromatic N) is 1. The third-order valence-electron chi connectivity index (χ3n) is 4.97. The van der Waals surface area contributed by atoms with E-state index in [4.69, 9.17) is 5.73 Å². The van der Waals surface area contributed by atoms with Gasteiger partial charge in [-0.1, -0.05) is 38.1 Å². The molecule has 2 nitrogen and oxygen atoms in total. The van der Waals surface area contributed by atoms with Crippen molar-refractivity contribution in [3.8, 4) is 0 Å². The summed E-state index contributed by atoms with van der Waals surface area (Å²) in [6, 6.07) is 10.9. The number of aryl methyl sites for hydroxylation is 1. The van der Waals surface area contributed by atoms with Crippen molar-refractivity contribution < 1.29 is 0 Å². The maximum absolute atomic E-state index is 6.03. The van der Waals surface area contributed by atoms with Crippen molar-refractivity contribution in [2.75, 3.05) is 7.05 Å². The standard InChI is InChI=1S/C18H30N2/c1-4-14-6-8-15(9-7-14)18(5-2)20(3)17-12-10-16(19)11-13-17/h6-9,16-18H,4-5,10-13,19H2,1-3H3. The van der Waals surface area contributed by atoms with Crippen molar-refractivity contribution in [3.05, 3.63) is 35.4 Å². The molecule has 0 spiro atoms. The maximum atomic E-state index is 6.03. The summed E-state index contributed by atoms with van der Waals surface area (Å²) in [5.74, 6) is 0. The molecule has 1 aliphatic rings. The predicted molar refractivity (Wildman–Crippen MR) is 86.8 cm³/mol. The molecule has 0 aromatic heterocycles. The van der Waals surface area contributed by atoms with Crippen molar-refractivity contribution in [1.82, 2.24) is 4.90 Å². The molecule has 0 saturated heterocycles. The molecule has 2 heteroatoms. The lowest BCUT2D eigenvalue weighted by Gasteiger charge is -2.38. The van der Waals surface area contributed by atoms with E-state index >= 15 is 0 Å². The van der Waals surface area contributed by atoms with Crippen LogP contribution in [0.25, 0.3) is 0 Å². The van der Waals surface area contributed by atoms with Gasteiger partial charge in [0.15, 0.2) is 0 Å². The highest BCUT2D eigenvalue weighted by Crippen LogP contribution is 2.30. The molecule has 0 bridgehead atoms. The van der Waals surface area contributed by atoms with Gasteiger partial charge in [-0.15, -0.1) is 0 Å². The van der Waals surface area contributed by atoms with Crippen molar-refractivity contribution in [3.63, 3.8) is 0 Å². The highest BCUT2D eigenvalue weighted by molar-refractivity contribution is 5.25. The first-order valence-electron chi connectivity index (χ1n) is 8.22. The van der Waals surface area contributed by atoms with E-state index in [9.17, 15) is 0 Å². The van der Waals surface area contributed by atoms with E-state index in [0.29, 0.717) is 18.1 Å². The monoisotopic (exact) mass is 274 g/mol. The van der Waals surface area contributed by atoms with Crippen LogP contribution >= 0.6 is 0 Å². The van der Waals surface area contributed by atoms with Crippen molar-refractivity contribution >= 4 is 0 Å². The Labute approximate surface area is 124 Å². The summed E-state index contributed by atoms with van der Waals surface area (Å²) in [5, 5.41) is 0. The topological polar surface area (TPSA) is 29.3 Å². The first-order valence-corrected chi connectivity index (χ1v) is 8.22. The number of nitrogens with two attached hydrogens (primary N) is 1. The molecule has 1 fully saturated rings. The summed E-state index contributed by atoms with van der Waals surface area (Å²) < 4.78 is 0. The highest BCUT2D eigenvalue weighted by atomic mass is 15.2. The smallest absolute Gasteiger partial charge is 0.0345 e. The lowest BCUT2D eigenvalue weighted by Crippen LogP contribution is -2.40. The lowest BCUT2D eigenvalue weighted by atomic mass is 9.89. The van der Waals surface area contributed by atoms with E-state index in [2.05, 4.69) is 50.1 Å². The number of hydrogen-bond donors (Lipinski definition) is 1. The third-order valence-corrected chi connectivity index (χ3v) is 4.97. The molecule has 112 valence electrons. The van der Waals surface area contributed by atoms with Crippen LogP contribution < -0.4 is 5.73 Å². The molecule has 0 radical (unpaired) electrons. The molecule has 1 aromatic carbocycles. The normalized spacial score (nSPS) is 24.9. The molecule has 1 aliphatic carbocycles. The van der Waals surface area contributed by atoms with E-state index in [1.54, 1.807) is 0 Å². The summed E-state index contributed by atoms with van der Waals surface area (Å²) >= 11 is 0. The van der Waals surface area contributed by atoms with Gasteiger partial charge in [-0.25, -0.2) is 0 Å². The minimum atomic E-state index is 0.434. The van der Waals surface area contributed by atoms with Gasteiger partial charge in [0.2, 0.25) is 0 Å². The van der Waals surface area contributed by atoms with Gasteiger partial charge in [-0.2, -0.15) is 0 Å². The fraction of sp³-hybridized carbons (Fsp3) is 0.667. The Morgan fingerprint density at radius 2 is 1.70 bits per heavy atom. The molecule has 1 saturated carbocycles. The number of benzene rings is 1. The van der Waals surface area contributed by atoms with Gasteiger partial charge in [0, 0.05) is 18.1 Å². The minimum Gasteiger partial charge on any atom is -0.328 e. The second-order valence-electron chi connectivity index (χ2n) is 6.25. The Morgan fingerprint density at radius 3 is 2.20 bits per heavy atom. The molecule has 1 unspecified atom stereocenters. The molecule has 0 amide bonds. The quantitative estimate of drug-likeness (QED) is 0.882. The van der Waals surface area contributed by atoms with Gasteiger partial charge in [0.1, 0.15) is 0 Å². The number of hydrogen-bond acceptors (Lipinski definition) is 2. The molecule has 2 N–H and O–H groups in total. The van der Waals surface area contributed by atoms with Crippen LogP contribution in [0.2, 0.25) is 0 Å². The van der Waals surface area contributed by atoms with Crippen molar-refractivity contribution in [1.29, 1.82) is 0 Å². The van der Waals surface area contributed by atoms with Crippen molar-refractivity contribution in [2.45, 2.75) is 70.5 Å². The van der Waals surface area contributed by atoms with Crippen LogP contribution in [0.4, 0.5) is 0 Å². The molecule has 20 heavy (non-hydrogen) atoms. The molecule has 1 aromatic rings. The fourth-order valence-corrected chi connectivity index (χ4v) is 3.50. The summed E-state index contributed by atoms with van der Waals surface area (Å²) in [6.07, 6.45) is 7.15. The van der Waals surface area contributed by atoms with E-state index in [1.807, 2.05) is 0 Å². The van der Waals surface area contributed by atoms with Crippen LogP contribution in [0, 0.1) is 0 Å². The predicted octanol–water partition coefficient (Wildman–Crippen LogP) is 3.90. The molecule has 2 rings (SSSR count). The highest BCUT2D eigenvalue weighted by Gasteiger charge is 2.26. The van der Waals surface area contributed by atoms with Crippen molar-refractivity contribution in [2.24, 2.45) is 5.73 Å². The van der Waals surface area contributed by atoms with Gasteiger partial charge in [0.25, 0.3) is 0 Å². The second-order valence-corrected chi connectivity index (χ2v) is 6.25. The molecule has 1 atom stereocenters. The van der Waals surface area contributed by atoms with Gasteiger partial charge in [-0.3, -0.25) is 4.90 Å². The van der Waals surface area contributed by atoms with Crippen LogP contribution in [-0.4, -0.2) is 24.0 Å². The Balaban J connectivity index is 2.06. The Kier molecular flexibility index (Phi) is 5.62.